The first kappa shape index (κ1) is 13.9. The lowest BCUT2D eigenvalue weighted by Gasteiger charge is -2.19. The van der Waals surface area contributed by atoms with E-state index in [1.165, 1.54) is 18.5 Å². The van der Waals surface area contributed by atoms with E-state index in [2.05, 4.69) is 14.9 Å². The zero-order valence-electron chi connectivity index (χ0n) is 12.0. The molecule has 1 aromatic rings. The molecule has 106 valence electrons. The molecule has 5 heteroatoms. The molecule has 19 heavy (non-hydrogen) atoms. The topological polar surface area (TPSA) is 56.1 Å². The molecule has 0 aliphatic heterocycles. The summed E-state index contributed by atoms with van der Waals surface area (Å²) in [6.45, 7) is 7.21. The summed E-state index contributed by atoms with van der Waals surface area (Å²) < 4.78 is 7.38. The summed E-state index contributed by atoms with van der Waals surface area (Å²) in [7, 11) is 0. The second-order valence-corrected chi connectivity index (χ2v) is 6.16. The highest BCUT2D eigenvalue weighted by Crippen LogP contribution is 2.30. The third-order valence-electron chi connectivity index (χ3n) is 3.00. The van der Waals surface area contributed by atoms with Crippen molar-refractivity contribution in [3.63, 3.8) is 0 Å². The van der Waals surface area contributed by atoms with E-state index in [4.69, 9.17) is 4.74 Å². The molecule has 1 amide bonds. The van der Waals surface area contributed by atoms with Crippen LogP contribution in [0, 0.1) is 5.92 Å². The number of nitrogens with one attached hydrogen (secondary N) is 1. The Labute approximate surface area is 114 Å². The van der Waals surface area contributed by atoms with Crippen molar-refractivity contribution < 1.29 is 9.53 Å². The minimum atomic E-state index is -0.447. The minimum absolute atomic E-state index is 0.360. The molecule has 1 saturated carbocycles. The summed E-state index contributed by atoms with van der Waals surface area (Å²) in [5.74, 6) is 0.826. The van der Waals surface area contributed by atoms with Crippen molar-refractivity contribution in [2.24, 2.45) is 5.92 Å². The number of rotatable bonds is 5. The van der Waals surface area contributed by atoms with Gasteiger partial charge in [-0.1, -0.05) is 0 Å². The Hall–Kier alpha value is -1.52. The van der Waals surface area contributed by atoms with E-state index in [1.54, 1.807) is 0 Å². The zero-order chi connectivity index (χ0) is 13.9. The van der Waals surface area contributed by atoms with Crippen LogP contribution in [0.15, 0.2) is 12.5 Å². The predicted octanol–water partition coefficient (Wildman–Crippen LogP) is 2.36. The predicted molar refractivity (Wildman–Crippen MR) is 72.9 cm³/mol. The lowest BCUT2D eigenvalue weighted by atomic mass is 10.2. The monoisotopic (exact) mass is 265 g/mol. The molecule has 1 aromatic heterocycles. The number of ether oxygens (including phenoxy) is 1. The lowest BCUT2D eigenvalue weighted by molar-refractivity contribution is 0.0528. The summed E-state index contributed by atoms with van der Waals surface area (Å²) in [6, 6.07) is 0. The molecule has 0 unspecified atom stereocenters. The van der Waals surface area contributed by atoms with E-state index in [-0.39, 0.29) is 6.09 Å². The van der Waals surface area contributed by atoms with Gasteiger partial charge in [0.2, 0.25) is 0 Å². The number of nitrogens with zero attached hydrogens (tertiary/aromatic N) is 2. The molecule has 1 heterocycles. The second kappa shape index (κ2) is 5.63. The van der Waals surface area contributed by atoms with Gasteiger partial charge in [-0.2, -0.15) is 0 Å². The van der Waals surface area contributed by atoms with Gasteiger partial charge in [0.15, 0.2) is 0 Å². The van der Waals surface area contributed by atoms with Crippen LogP contribution in [0.4, 0.5) is 4.79 Å². The van der Waals surface area contributed by atoms with Gasteiger partial charge >= 0.3 is 6.09 Å². The highest BCUT2D eigenvalue weighted by molar-refractivity contribution is 5.67. The lowest BCUT2D eigenvalue weighted by Crippen LogP contribution is -2.33. The molecule has 0 bridgehead atoms. The summed E-state index contributed by atoms with van der Waals surface area (Å²) >= 11 is 0. The van der Waals surface area contributed by atoms with Crippen molar-refractivity contribution >= 4 is 6.09 Å². The maximum Gasteiger partial charge on any atom is 0.407 e. The van der Waals surface area contributed by atoms with Crippen LogP contribution in [0.5, 0.6) is 0 Å². The van der Waals surface area contributed by atoms with Crippen molar-refractivity contribution in [1.82, 2.24) is 14.9 Å². The summed E-state index contributed by atoms with van der Waals surface area (Å²) in [4.78, 5) is 15.7. The fourth-order valence-electron chi connectivity index (χ4n) is 1.91. The van der Waals surface area contributed by atoms with Gasteiger partial charge in [0, 0.05) is 31.4 Å². The zero-order valence-corrected chi connectivity index (χ0v) is 12.0. The highest BCUT2D eigenvalue weighted by atomic mass is 16.6. The average Bonchev–Trinajstić information content (AvgIpc) is 2.97. The summed E-state index contributed by atoms with van der Waals surface area (Å²) in [6.07, 6.45) is 6.83. The van der Waals surface area contributed by atoms with E-state index in [0.29, 0.717) is 6.54 Å². The maximum atomic E-state index is 11.5. The van der Waals surface area contributed by atoms with Gasteiger partial charge in [0.1, 0.15) is 5.60 Å². The van der Waals surface area contributed by atoms with Crippen molar-refractivity contribution in [2.75, 3.05) is 6.54 Å². The summed E-state index contributed by atoms with van der Waals surface area (Å²) in [5.41, 5.74) is 0.723. The van der Waals surface area contributed by atoms with Gasteiger partial charge in [0.05, 0.1) is 6.33 Å². The Morgan fingerprint density at radius 3 is 2.89 bits per heavy atom. The van der Waals surface area contributed by atoms with Gasteiger partial charge in [-0.3, -0.25) is 0 Å². The number of imidazole rings is 1. The third kappa shape index (κ3) is 4.93. The molecule has 1 aliphatic carbocycles. The van der Waals surface area contributed by atoms with Crippen LogP contribution >= 0.6 is 0 Å². The van der Waals surface area contributed by atoms with Crippen LogP contribution in [0.25, 0.3) is 0 Å². The molecule has 1 fully saturated rings. The van der Waals surface area contributed by atoms with E-state index < -0.39 is 5.60 Å². The molecular weight excluding hydrogens is 242 g/mol. The molecule has 1 N–H and O–H groups in total. The van der Waals surface area contributed by atoms with Gasteiger partial charge in [-0.05, 0) is 39.5 Å². The smallest absolute Gasteiger partial charge is 0.407 e. The van der Waals surface area contributed by atoms with E-state index in [9.17, 15) is 4.79 Å². The van der Waals surface area contributed by atoms with Crippen LogP contribution in [0.1, 0.15) is 39.3 Å². The first-order chi connectivity index (χ1) is 8.94. The van der Waals surface area contributed by atoms with Gasteiger partial charge in [-0.25, -0.2) is 9.78 Å². The molecule has 1 aliphatic rings. The Morgan fingerprint density at radius 2 is 2.26 bits per heavy atom. The third-order valence-corrected chi connectivity index (χ3v) is 3.00. The van der Waals surface area contributed by atoms with Crippen molar-refractivity contribution in [3.8, 4) is 0 Å². The number of carbonyl (C=O) groups excluding carboxylic acids is 1. The summed E-state index contributed by atoms with van der Waals surface area (Å²) in [5, 5.41) is 2.77. The number of hydrogen-bond donors (Lipinski definition) is 1. The van der Waals surface area contributed by atoms with Crippen LogP contribution in [0.2, 0.25) is 0 Å². The number of aromatic nitrogens is 2. The fraction of sp³-hybridized carbons (Fsp3) is 0.714. The Morgan fingerprint density at radius 1 is 1.53 bits per heavy atom. The van der Waals surface area contributed by atoms with Crippen LogP contribution in [-0.4, -0.2) is 27.8 Å². The van der Waals surface area contributed by atoms with Crippen LogP contribution in [0.3, 0.4) is 0 Å². The van der Waals surface area contributed by atoms with Crippen LogP contribution < -0.4 is 5.32 Å². The number of hydrogen-bond acceptors (Lipinski definition) is 3. The Balaban J connectivity index is 1.73. The molecule has 5 nitrogen and oxygen atoms in total. The van der Waals surface area contributed by atoms with Crippen LogP contribution in [-0.2, 0) is 17.7 Å². The van der Waals surface area contributed by atoms with Gasteiger partial charge in [0.25, 0.3) is 0 Å². The molecule has 0 spiro atoms. The fourth-order valence-corrected chi connectivity index (χ4v) is 1.91. The molecular formula is C14H23N3O2. The molecule has 0 aromatic carbocycles. The Kier molecular flexibility index (Phi) is 4.12. The number of amides is 1. The van der Waals surface area contributed by atoms with Crippen molar-refractivity contribution in [3.05, 3.63) is 18.2 Å². The molecule has 0 saturated heterocycles. The van der Waals surface area contributed by atoms with E-state index >= 15 is 0 Å². The molecule has 0 radical (unpaired) electrons. The normalized spacial score (nSPS) is 15.3. The van der Waals surface area contributed by atoms with Gasteiger partial charge < -0.3 is 14.6 Å². The second-order valence-electron chi connectivity index (χ2n) is 6.16. The van der Waals surface area contributed by atoms with E-state index in [1.807, 2.05) is 33.3 Å². The largest absolute Gasteiger partial charge is 0.444 e. The highest BCUT2D eigenvalue weighted by Gasteiger charge is 2.22. The maximum absolute atomic E-state index is 11.5. The average molecular weight is 265 g/mol. The first-order valence-corrected chi connectivity index (χ1v) is 6.90. The standard InChI is InChI=1S/C14H23N3O2/c1-14(2,3)19-13(18)16-7-6-12-8-15-10-17(12)9-11-4-5-11/h8,10-11H,4-7,9H2,1-3H3,(H,16,18). The number of carbonyl (C=O) groups is 1. The van der Waals surface area contributed by atoms with Gasteiger partial charge in [-0.15, -0.1) is 0 Å². The number of alkyl carbamates (subject to hydrolysis) is 1. The molecule has 2 rings (SSSR count). The Bertz CT molecular complexity index is 430. The molecule has 0 atom stereocenters. The van der Waals surface area contributed by atoms with Crippen molar-refractivity contribution in [1.29, 1.82) is 0 Å². The SMILES string of the molecule is CC(C)(C)OC(=O)NCCc1cncn1CC1CC1. The van der Waals surface area contributed by atoms with E-state index in [0.717, 1.165) is 18.9 Å². The minimum Gasteiger partial charge on any atom is -0.444 e. The quantitative estimate of drug-likeness (QED) is 0.889. The van der Waals surface area contributed by atoms with Crippen molar-refractivity contribution in [2.45, 2.75) is 52.2 Å². The first-order valence-electron chi connectivity index (χ1n) is 6.90.